The molecule has 0 aromatic carbocycles. The lowest BCUT2D eigenvalue weighted by atomic mass is 9.95. The monoisotopic (exact) mass is 198 g/mol. The van der Waals surface area contributed by atoms with Crippen LogP contribution in [-0.2, 0) is 9.53 Å². The molecule has 0 spiro atoms. The molecular formula is C11H18O3. The molecule has 3 heteroatoms. The third kappa shape index (κ3) is 3.75. The van der Waals surface area contributed by atoms with Crippen LogP contribution in [0.1, 0.15) is 20.8 Å². The van der Waals surface area contributed by atoms with Gasteiger partial charge in [-0.3, -0.25) is 0 Å². The predicted molar refractivity (Wildman–Crippen MR) is 55.8 cm³/mol. The van der Waals surface area contributed by atoms with Crippen molar-refractivity contribution in [2.75, 3.05) is 7.11 Å². The molecule has 0 heterocycles. The van der Waals surface area contributed by atoms with Gasteiger partial charge in [-0.25, -0.2) is 4.79 Å². The van der Waals surface area contributed by atoms with Crippen LogP contribution in [0.3, 0.4) is 0 Å². The number of aliphatic hydroxyl groups is 1. The van der Waals surface area contributed by atoms with Gasteiger partial charge < -0.3 is 9.84 Å². The van der Waals surface area contributed by atoms with E-state index in [-0.39, 0.29) is 11.5 Å². The third-order valence-electron chi connectivity index (χ3n) is 2.01. The zero-order valence-electron chi connectivity index (χ0n) is 9.20. The van der Waals surface area contributed by atoms with E-state index in [1.165, 1.54) is 7.11 Å². The summed E-state index contributed by atoms with van der Waals surface area (Å²) in [6.45, 7) is 9.10. The molecule has 0 aromatic heterocycles. The molecule has 0 aliphatic carbocycles. The Balaban J connectivity index is 4.47. The smallest absolute Gasteiger partial charge is 0.333 e. The second-order valence-corrected chi connectivity index (χ2v) is 3.54. The average molecular weight is 198 g/mol. The summed E-state index contributed by atoms with van der Waals surface area (Å²) in [5, 5.41) is 9.66. The predicted octanol–water partition coefficient (Wildman–Crippen LogP) is 1.68. The minimum Gasteiger partial charge on any atom is -0.466 e. The van der Waals surface area contributed by atoms with Gasteiger partial charge in [-0.1, -0.05) is 25.2 Å². The number of aliphatic hydroxyl groups excluding tert-OH is 1. The summed E-state index contributed by atoms with van der Waals surface area (Å²) >= 11 is 0. The number of rotatable bonds is 4. The first kappa shape index (κ1) is 12.9. The van der Waals surface area contributed by atoms with Crippen LogP contribution in [0.2, 0.25) is 0 Å². The number of methoxy groups -OCH3 is 1. The third-order valence-corrected chi connectivity index (χ3v) is 2.01. The summed E-state index contributed by atoms with van der Waals surface area (Å²) < 4.78 is 4.52. The second-order valence-electron chi connectivity index (χ2n) is 3.54. The van der Waals surface area contributed by atoms with E-state index in [4.69, 9.17) is 0 Å². The van der Waals surface area contributed by atoms with E-state index < -0.39 is 12.1 Å². The summed E-state index contributed by atoms with van der Waals surface area (Å²) in [6, 6.07) is 0. The van der Waals surface area contributed by atoms with Crippen molar-refractivity contribution < 1.29 is 14.6 Å². The fourth-order valence-corrected chi connectivity index (χ4v) is 1.01. The summed E-state index contributed by atoms with van der Waals surface area (Å²) in [6.07, 6.45) is 1.00. The van der Waals surface area contributed by atoms with E-state index >= 15 is 0 Å². The van der Waals surface area contributed by atoms with Crippen molar-refractivity contribution in [1.29, 1.82) is 0 Å². The van der Waals surface area contributed by atoms with Gasteiger partial charge in [0, 0.05) is 11.5 Å². The van der Waals surface area contributed by atoms with Gasteiger partial charge in [0.25, 0.3) is 0 Å². The highest BCUT2D eigenvalue weighted by atomic mass is 16.5. The van der Waals surface area contributed by atoms with Gasteiger partial charge >= 0.3 is 5.97 Å². The molecule has 0 amide bonds. The molecule has 0 bridgehead atoms. The Labute approximate surface area is 85.1 Å². The van der Waals surface area contributed by atoms with Gasteiger partial charge in [0.1, 0.15) is 0 Å². The maximum absolute atomic E-state index is 11.1. The molecule has 0 unspecified atom stereocenters. The van der Waals surface area contributed by atoms with Gasteiger partial charge in [-0.2, -0.15) is 0 Å². The lowest BCUT2D eigenvalue weighted by Crippen LogP contribution is -2.22. The van der Waals surface area contributed by atoms with Crippen LogP contribution in [0.4, 0.5) is 0 Å². The molecule has 1 N–H and O–H groups in total. The standard InChI is InChI=1S/C11H18O3/c1-7(2)6-10(12)8(3)9(4)11(13)14-5/h6,8,10,12H,4H2,1-3,5H3/t8-,10+/m0/s1. The number of carbonyl (C=O) groups excluding carboxylic acids is 1. The molecule has 0 aliphatic heterocycles. The molecule has 3 nitrogen and oxygen atoms in total. The fourth-order valence-electron chi connectivity index (χ4n) is 1.01. The lowest BCUT2D eigenvalue weighted by Gasteiger charge is -2.17. The summed E-state index contributed by atoms with van der Waals surface area (Å²) in [5.74, 6) is -0.795. The topological polar surface area (TPSA) is 46.5 Å². The molecule has 0 fully saturated rings. The lowest BCUT2D eigenvalue weighted by molar-refractivity contribution is -0.137. The van der Waals surface area contributed by atoms with E-state index in [1.54, 1.807) is 13.0 Å². The van der Waals surface area contributed by atoms with Gasteiger partial charge in [0.05, 0.1) is 13.2 Å². The summed E-state index contributed by atoms with van der Waals surface area (Å²) in [7, 11) is 1.30. The van der Waals surface area contributed by atoms with Crippen molar-refractivity contribution in [1.82, 2.24) is 0 Å². The first-order valence-electron chi connectivity index (χ1n) is 4.50. The first-order chi connectivity index (χ1) is 6.40. The van der Waals surface area contributed by atoms with Crippen LogP contribution in [0.15, 0.2) is 23.8 Å². The van der Waals surface area contributed by atoms with Crippen molar-refractivity contribution in [2.24, 2.45) is 5.92 Å². The van der Waals surface area contributed by atoms with Crippen LogP contribution in [0, 0.1) is 5.92 Å². The van der Waals surface area contributed by atoms with Crippen molar-refractivity contribution in [3.8, 4) is 0 Å². The van der Waals surface area contributed by atoms with Gasteiger partial charge in [0.15, 0.2) is 0 Å². The quantitative estimate of drug-likeness (QED) is 0.424. The van der Waals surface area contributed by atoms with Crippen LogP contribution < -0.4 is 0 Å². The minimum atomic E-state index is -0.688. The highest BCUT2D eigenvalue weighted by Crippen LogP contribution is 2.16. The number of allylic oxidation sites excluding steroid dienone is 1. The van der Waals surface area contributed by atoms with Crippen LogP contribution in [0.25, 0.3) is 0 Å². The molecule has 2 atom stereocenters. The molecule has 80 valence electrons. The van der Waals surface area contributed by atoms with Gasteiger partial charge in [-0.15, -0.1) is 0 Å². The van der Waals surface area contributed by atoms with Crippen LogP contribution in [0.5, 0.6) is 0 Å². The normalized spacial score (nSPS) is 14.1. The Morgan fingerprint density at radius 2 is 2.00 bits per heavy atom. The van der Waals surface area contributed by atoms with E-state index in [0.29, 0.717) is 0 Å². The Bertz CT molecular complexity index is 249. The van der Waals surface area contributed by atoms with Crippen LogP contribution in [-0.4, -0.2) is 24.3 Å². The first-order valence-corrected chi connectivity index (χ1v) is 4.50. The number of carbonyl (C=O) groups is 1. The van der Waals surface area contributed by atoms with Crippen molar-refractivity contribution in [2.45, 2.75) is 26.9 Å². The average Bonchev–Trinajstić information content (AvgIpc) is 2.13. The summed E-state index contributed by atoms with van der Waals surface area (Å²) in [5.41, 5.74) is 1.29. The second kappa shape index (κ2) is 5.60. The largest absolute Gasteiger partial charge is 0.466 e. The van der Waals surface area contributed by atoms with Gasteiger partial charge in [0.2, 0.25) is 0 Å². The molecule has 0 radical (unpaired) electrons. The summed E-state index contributed by atoms with van der Waals surface area (Å²) in [4.78, 5) is 11.1. The molecule has 0 aromatic rings. The SMILES string of the molecule is C=C(C(=O)OC)[C@H](C)[C@H](O)C=C(C)C. The Morgan fingerprint density at radius 3 is 2.36 bits per heavy atom. The Morgan fingerprint density at radius 1 is 1.50 bits per heavy atom. The van der Waals surface area contributed by atoms with Crippen LogP contribution >= 0.6 is 0 Å². The zero-order chi connectivity index (χ0) is 11.3. The maximum Gasteiger partial charge on any atom is 0.333 e. The molecule has 14 heavy (non-hydrogen) atoms. The number of ether oxygens (including phenoxy) is 1. The van der Waals surface area contributed by atoms with E-state index in [9.17, 15) is 9.90 Å². The van der Waals surface area contributed by atoms with E-state index in [1.807, 2.05) is 13.8 Å². The van der Waals surface area contributed by atoms with Gasteiger partial charge in [-0.05, 0) is 13.8 Å². The van der Waals surface area contributed by atoms with Crippen molar-refractivity contribution in [3.05, 3.63) is 23.8 Å². The number of esters is 1. The van der Waals surface area contributed by atoms with Crippen molar-refractivity contribution >= 4 is 5.97 Å². The molecule has 0 aliphatic rings. The minimum absolute atomic E-state index is 0.289. The molecule has 0 saturated heterocycles. The fraction of sp³-hybridized carbons (Fsp3) is 0.545. The molecule has 0 saturated carbocycles. The number of hydrogen-bond acceptors (Lipinski definition) is 3. The molecule has 0 rings (SSSR count). The molecular weight excluding hydrogens is 180 g/mol. The zero-order valence-corrected chi connectivity index (χ0v) is 9.20. The Kier molecular flexibility index (Phi) is 5.16. The maximum atomic E-state index is 11.1. The van der Waals surface area contributed by atoms with E-state index in [2.05, 4.69) is 11.3 Å². The highest BCUT2D eigenvalue weighted by Gasteiger charge is 2.20. The Hall–Kier alpha value is -1.09. The number of hydrogen-bond donors (Lipinski definition) is 1. The highest BCUT2D eigenvalue weighted by molar-refractivity contribution is 5.88. The van der Waals surface area contributed by atoms with E-state index in [0.717, 1.165) is 5.57 Å². The van der Waals surface area contributed by atoms with Crippen molar-refractivity contribution in [3.63, 3.8) is 0 Å².